The molecular formula is C19H20BrFN2O. The van der Waals surface area contributed by atoms with Gasteiger partial charge in [-0.25, -0.2) is 4.39 Å². The maximum atomic E-state index is 13.8. The fourth-order valence-corrected chi connectivity index (χ4v) is 3.88. The van der Waals surface area contributed by atoms with E-state index in [4.69, 9.17) is 5.79 Å². The van der Waals surface area contributed by atoms with Gasteiger partial charge in [-0.05, 0) is 62.1 Å². The quantitative estimate of drug-likeness (QED) is 0.699. The van der Waals surface area contributed by atoms with Crippen molar-refractivity contribution in [1.82, 2.24) is 10.2 Å². The van der Waals surface area contributed by atoms with E-state index in [9.17, 15) is 4.39 Å². The molecule has 24 heavy (non-hydrogen) atoms. The lowest BCUT2D eigenvalue weighted by Gasteiger charge is -2.24. The zero-order chi connectivity index (χ0) is 17.6. The van der Waals surface area contributed by atoms with Gasteiger partial charge < -0.3 is 4.42 Å². The lowest BCUT2D eigenvalue weighted by molar-refractivity contribution is 0.402. The molecule has 0 radical (unpaired) electrons. The minimum absolute atomic E-state index is 0.0403. The van der Waals surface area contributed by atoms with E-state index >= 15 is 0 Å². The fraction of sp³-hybridized carbons (Fsp3) is 0.474. The summed E-state index contributed by atoms with van der Waals surface area (Å²) in [4.78, 5) is 0. The summed E-state index contributed by atoms with van der Waals surface area (Å²) < 4.78 is 29.1. The summed E-state index contributed by atoms with van der Waals surface area (Å²) in [6, 6.07) is 5.08. The van der Waals surface area contributed by atoms with Crippen molar-refractivity contribution in [3.63, 3.8) is 0 Å². The van der Waals surface area contributed by atoms with Crippen molar-refractivity contribution in [2.24, 2.45) is 5.92 Å². The molecule has 1 aromatic heterocycles. The van der Waals surface area contributed by atoms with Gasteiger partial charge in [-0.2, -0.15) is 0 Å². The first-order valence-corrected chi connectivity index (χ1v) is 9.21. The van der Waals surface area contributed by atoms with E-state index in [0.717, 1.165) is 41.6 Å². The first-order valence-electron chi connectivity index (χ1n) is 8.99. The predicted octanol–water partition coefficient (Wildman–Crippen LogP) is 5.41. The number of rotatable bonds is 4. The number of nitrogens with zero attached hydrogens (tertiary/aromatic N) is 2. The summed E-state index contributed by atoms with van der Waals surface area (Å²) in [6.07, 6.45) is 5.54. The van der Waals surface area contributed by atoms with Gasteiger partial charge in [0.2, 0.25) is 11.8 Å². The smallest absolute Gasteiger partial charge is 0.224 e. The SMILES string of the molecule is [2H]C(c1ccc(C)c(F)c1)C1C=C(Br)C(c2nnc(C3CC3)o2)CC1. The van der Waals surface area contributed by atoms with E-state index in [0.29, 0.717) is 17.4 Å². The van der Waals surface area contributed by atoms with Crippen LogP contribution in [-0.4, -0.2) is 10.2 Å². The third-order valence-corrected chi connectivity index (χ3v) is 5.60. The third kappa shape index (κ3) is 3.32. The maximum absolute atomic E-state index is 13.8. The van der Waals surface area contributed by atoms with Crippen LogP contribution in [-0.2, 0) is 6.40 Å². The van der Waals surface area contributed by atoms with Crippen LogP contribution >= 0.6 is 15.9 Å². The first-order chi connectivity index (χ1) is 12.0. The topological polar surface area (TPSA) is 38.9 Å². The Hall–Kier alpha value is -1.49. The van der Waals surface area contributed by atoms with E-state index in [1.54, 1.807) is 13.0 Å². The molecule has 126 valence electrons. The number of aromatic nitrogens is 2. The van der Waals surface area contributed by atoms with Crippen LogP contribution < -0.4 is 0 Å². The lowest BCUT2D eigenvalue weighted by Crippen LogP contribution is -2.13. The van der Waals surface area contributed by atoms with E-state index < -0.39 is 6.40 Å². The molecular weight excluding hydrogens is 371 g/mol. The van der Waals surface area contributed by atoms with E-state index in [1.807, 2.05) is 6.07 Å². The minimum Gasteiger partial charge on any atom is -0.424 e. The summed E-state index contributed by atoms with van der Waals surface area (Å²) in [5.41, 5.74) is 1.33. The number of hydrogen-bond acceptors (Lipinski definition) is 3. The average molecular weight is 392 g/mol. The highest BCUT2D eigenvalue weighted by Gasteiger charge is 2.32. The normalized spacial score (nSPS) is 26.0. The molecule has 5 heteroatoms. The van der Waals surface area contributed by atoms with Crippen LogP contribution in [0.5, 0.6) is 0 Å². The summed E-state index contributed by atoms with van der Waals surface area (Å²) in [7, 11) is 0. The Kier molecular flexibility index (Phi) is 3.97. The van der Waals surface area contributed by atoms with Gasteiger partial charge >= 0.3 is 0 Å². The molecule has 0 N–H and O–H groups in total. The highest BCUT2D eigenvalue weighted by atomic mass is 79.9. The van der Waals surface area contributed by atoms with Crippen molar-refractivity contribution in [1.29, 1.82) is 0 Å². The maximum Gasteiger partial charge on any atom is 0.224 e. The van der Waals surface area contributed by atoms with Crippen molar-refractivity contribution in [3.05, 3.63) is 57.5 Å². The molecule has 1 aromatic carbocycles. The van der Waals surface area contributed by atoms with Gasteiger partial charge in [0.05, 0.1) is 5.92 Å². The standard InChI is InChI=1S/C19H20BrFN2O/c1-11-2-3-13(10-17(11)21)8-12-4-7-15(16(20)9-12)19-23-22-18(24-19)14-5-6-14/h2-3,9-10,12,14-15H,4-8H2,1H3/i8D. The van der Waals surface area contributed by atoms with E-state index in [1.165, 1.54) is 6.07 Å². The molecule has 1 saturated carbocycles. The van der Waals surface area contributed by atoms with Crippen molar-refractivity contribution in [2.75, 3.05) is 0 Å². The molecule has 0 saturated heterocycles. The molecule has 2 aliphatic carbocycles. The second-order valence-corrected chi connectivity index (χ2v) is 7.69. The Morgan fingerprint density at radius 3 is 2.75 bits per heavy atom. The van der Waals surface area contributed by atoms with Crippen LogP contribution in [0.2, 0.25) is 0 Å². The molecule has 1 heterocycles. The van der Waals surface area contributed by atoms with Gasteiger partial charge in [0.1, 0.15) is 5.82 Å². The van der Waals surface area contributed by atoms with Crippen LogP contribution in [0.4, 0.5) is 4.39 Å². The predicted molar refractivity (Wildman–Crippen MR) is 93.6 cm³/mol. The van der Waals surface area contributed by atoms with Gasteiger partial charge in [-0.3, -0.25) is 0 Å². The Balaban J connectivity index is 1.51. The summed E-state index contributed by atoms with van der Waals surface area (Å²) in [6.45, 7) is 1.74. The highest BCUT2D eigenvalue weighted by Crippen LogP contribution is 2.43. The molecule has 0 bridgehead atoms. The van der Waals surface area contributed by atoms with Gasteiger partial charge in [-0.1, -0.05) is 34.1 Å². The second-order valence-electron chi connectivity index (χ2n) is 6.77. The molecule has 2 aromatic rings. The summed E-state index contributed by atoms with van der Waals surface area (Å²) in [5.74, 6) is 1.73. The van der Waals surface area contributed by atoms with Crippen LogP contribution in [0.3, 0.4) is 0 Å². The van der Waals surface area contributed by atoms with Gasteiger partial charge in [0, 0.05) is 11.8 Å². The number of aryl methyl sites for hydroxylation is 1. The van der Waals surface area contributed by atoms with Crippen molar-refractivity contribution in [2.45, 2.75) is 50.8 Å². The zero-order valence-electron chi connectivity index (χ0n) is 14.5. The van der Waals surface area contributed by atoms with Gasteiger partial charge in [0.25, 0.3) is 0 Å². The van der Waals surface area contributed by atoms with E-state index in [-0.39, 0.29) is 17.7 Å². The number of halogens is 2. The van der Waals surface area contributed by atoms with Crippen LogP contribution in [0, 0.1) is 18.7 Å². The minimum atomic E-state index is -0.478. The Morgan fingerprint density at radius 2 is 2.04 bits per heavy atom. The molecule has 0 aliphatic heterocycles. The number of benzene rings is 1. The van der Waals surface area contributed by atoms with Gasteiger partial charge in [-0.15, -0.1) is 10.2 Å². The Bertz CT molecular complexity index is 818. The van der Waals surface area contributed by atoms with Crippen molar-refractivity contribution < 1.29 is 10.2 Å². The number of hydrogen-bond donors (Lipinski definition) is 0. The fourth-order valence-electron chi connectivity index (χ4n) is 3.12. The molecule has 1 fully saturated rings. The largest absolute Gasteiger partial charge is 0.424 e. The Morgan fingerprint density at radius 1 is 1.25 bits per heavy atom. The van der Waals surface area contributed by atoms with E-state index in [2.05, 4.69) is 32.2 Å². The Labute approximate surface area is 150 Å². The van der Waals surface area contributed by atoms with Crippen LogP contribution in [0.25, 0.3) is 0 Å². The lowest BCUT2D eigenvalue weighted by atomic mass is 9.85. The third-order valence-electron chi connectivity index (χ3n) is 4.78. The molecule has 0 spiro atoms. The highest BCUT2D eigenvalue weighted by molar-refractivity contribution is 9.11. The first kappa shape index (κ1) is 14.8. The van der Waals surface area contributed by atoms with Crippen LogP contribution in [0.1, 0.15) is 61.8 Å². The molecule has 3 unspecified atom stereocenters. The second kappa shape index (κ2) is 6.43. The summed E-state index contributed by atoms with van der Waals surface area (Å²) in [5, 5.41) is 8.38. The summed E-state index contributed by atoms with van der Waals surface area (Å²) >= 11 is 3.64. The van der Waals surface area contributed by atoms with Crippen molar-refractivity contribution in [3.8, 4) is 0 Å². The van der Waals surface area contributed by atoms with Crippen molar-refractivity contribution >= 4 is 15.9 Å². The monoisotopic (exact) mass is 391 g/mol. The molecule has 3 atom stereocenters. The molecule has 0 amide bonds. The molecule has 4 rings (SSSR count). The molecule has 2 aliphatic rings. The van der Waals surface area contributed by atoms with Gasteiger partial charge in [0.15, 0.2) is 0 Å². The zero-order valence-corrected chi connectivity index (χ0v) is 15.1. The van der Waals surface area contributed by atoms with Crippen LogP contribution in [0.15, 0.2) is 33.2 Å². The molecule has 3 nitrogen and oxygen atoms in total. The number of allylic oxidation sites excluding steroid dienone is 2. The average Bonchev–Trinajstić information content (AvgIpc) is 3.34.